The van der Waals surface area contributed by atoms with Crippen LogP contribution in [0.4, 0.5) is 10.8 Å². The molecule has 0 spiro atoms. The van der Waals surface area contributed by atoms with E-state index in [-0.39, 0.29) is 5.69 Å². The van der Waals surface area contributed by atoms with Crippen LogP contribution in [0.5, 0.6) is 0 Å². The van der Waals surface area contributed by atoms with Gasteiger partial charge in [-0.15, -0.1) is 0 Å². The fourth-order valence-corrected chi connectivity index (χ4v) is 2.42. The van der Waals surface area contributed by atoms with E-state index in [1.54, 1.807) is 12.3 Å². The summed E-state index contributed by atoms with van der Waals surface area (Å²) in [4.78, 5) is 20.0. The lowest BCUT2D eigenvalue weighted by Gasteiger charge is -2.05. The Labute approximate surface area is 118 Å². The summed E-state index contributed by atoms with van der Waals surface area (Å²) in [6.07, 6.45) is 5.44. The zero-order chi connectivity index (χ0) is 14.1. The van der Waals surface area contributed by atoms with Crippen molar-refractivity contribution in [3.8, 4) is 0 Å². The second-order valence-electron chi connectivity index (χ2n) is 4.08. The van der Waals surface area contributed by atoms with E-state index in [9.17, 15) is 4.79 Å². The van der Waals surface area contributed by atoms with Crippen LogP contribution < -0.4 is 5.32 Å². The number of hydrogen-bond donors (Lipinski definition) is 1. The number of hydrogen-bond acceptors (Lipinski definition) is 7. The molecule has 0 atom stereocenters. The van der Waals surface area contributed by atoms with Crippen molar-refractivity contribution in [3.63, 3.8) is 0 Å². The molecule has 3 aromatic heterocycles. The maximum Gasteiger partial charge on any atom is 0.357 e. The van der Waals surface area contributed by atoms with E-state index >= 15 is 0 Å². The molecule has 0 aliphatic carbocycles. The standard InChI is InChI=1S/C12H11N5O2S/c1-7-6-17-4-3-13-11(17)10(14-7)15-9-5-8(16-20-9)12(18)19-2/h3-6H,1-2H3,(H,14,15). The number of rotatable bonds is 3. The van der Waals surface area contributed by atoms with Crippen molar-refractivity contribution in [2.45, 2.75) is 6.92 Å². The third kappa shape index (κ3) is 2.21. The smallest absolute Gasteiger partial charge is 0.357 e. The van der Waals surface area contributed by atoms with Crippen LogP contribution in [0.3, 0.4) is 0 Å². The molecule has 7 nitrogen and oxygen atoms in total. The number of carbonyl (C=O) groups excluding carboxylic acids is 1. The molecular weight excluding hydrogens is 278 g/mol. The Hall–Kier alpha value is -2.48. The molecule has 1 N–H and O–H groups in total. The van der Waals surface area contributed by atoms with Gasteiger partial charge in [-0.25, -0.2) is 14.8 Å². The summed E-state index contributed by atoms with van der Waals surface area (Å²) < 4.78 is 10.5. The summed E-state index contributed by atoms with van der Waals surface area (Å²) in [5.41, 5.74) is 1.84. The van der Waals surface area contributed by atoms with Crippen molar-refractivity contribution in [1.29, 1.82) is 0 Å². The SMILES string of the molecule is COC(=O)c1cc(Nc2nc(C)cn3ccnc23)sn1. The Morgan fingerprint density at radius 3 is 3.15 bits per heavy atom. The minimum Gasteiger partial charge on any atom is -0.464 e. The van der Waals surface area contributed by atoms with E-state index in [4.69, 9.17) is 0 Å². The van der Waals surface area contributed by atoms with Gasteiger partial charge in [-0.1, -0.05) is 0 Å². The molecule has 0 amide bonds. The van der Waals surface area contributed by atoms with E-state index in [1.807, 2.05) is 23.7 Å². The lowest BCUT2D eigenvalue weighted by atomic mass is 10.4. The average molecular weight is 289 g/mol. The van der Waals surface area contributed by atoms with Crippen molar-refractivity contribution < 1.29 is 9.53 Å². The molecule has 3 heterocycles. The normalized spacial score (nSPS) is 10.7. The Morgan fingerprint density at radius 1 is 1.50 bits per heavy atom. The van der Waals surface area contributed by atoms with Crippen molar-refractivity contribution >= 4 is 34.0 Å². The number of anilines is 2. The summed E-state index contributed by atoms with van der Waals surface area (Å²) in [6, 6.07) is 1.62. The number of carbonyl (C=O) groups is 1. The highest BCUT2D eigenvalue weighted by Gasteiger charge is 2.13. The number of imidazole rings is 1. The molecule has 8 heteroatoms. The first kappa shape index (κ1) is 12.5. The monoisotopic (exact) mass is 289 g/mol. The minimum atomic E-state index is -0.461. The Bertz CT molecular complexity index is 779. The molecular formula is C12H11N5O2S. The summed E-state index contributed by atoms with van der Waals surface area (Å²) >= 11 is 1.17. The molecule has 0 unspecified atom stereocenters. The van der Waals surface area contributed by atoms with E-state index in [0.29, 0.717) is 16.5 Å². The molecule has 3 rings (SSSR count). The van der Waals surface area contributed by atoms with Crippen molar-refractivity contribution in [2.75, 3.05) is 12.4 Å². The van der Waals surface area contributed by atoms with E-state index in [2.05, 4.69) is 24.4 Å². The van der Waals surface area contributed by atoms with E-state index in [0.717, 1.165) is 5.69 Å². The van der Waals surface area contributed by atoms with E-state index in [1.165, 1.54) is 18.6 Å². The number of esters is 1. The largest absolute Gasteiger partial charge is 0.464 e. The van der Waals surface area contributed by atoms with Crippen molar-refractivity contribution in [2.24, 2.45) is 0 Å². The van der Waals surface area contributed by atoms with Crippen LogP contribution in [0.25, 0.3) is 5.65 Å². The van der Waals surface area contributed by atoms with Crippen LogP contribution in [0.15, 0.2) is 24.7 Å². The van der Waals surface area contributed by atoms with Gasteiger partial charge >= 0.3 is 5.97 Å². The predicted octanol–water partition coefficient (Wildman–Crippen LogP) is 2.02. The van der Waals surface area contributed by atoms with Gasteiger partial charge in [0, 0.05) is 24.7 Å². The van der Waals surface area contributed by atoms with Gasteiger partial charge in [0.25, 0.3) is 0 Å². The second-order valence-corrected chi connectivity index (χ2v) is 4.89. The first-order chi connectivity index (χ1) is 9.67. The van der Waals surface area contributed by atoms with Gasteiger partial charge in [-0.05, 0) is 18.5 Å². The van der Waals surface area contributed by atoms with Gasteiger partial charge in [0.2, 0.25) is 0 Å². The zero-order valence-corrected chi connectivity index (χ0v) is 11.6. The topological polar surface area (TPSA) is 81.4 Å². The fourth-order valence-electron chi connectivity index (χ4n) is 1.79. The van der Waals surface area contributed by atoms with Gasteiger partial charge in [-0.2, -0.15) is 4.37 Å². The summed E-state index contributed by atoms with van der Waals surface area (Å²) in [5, 5.41) is 3.83. The second kappa shape index (κ2) is 4.89. The molecule has 20 heavy (non-hydrogen) atoms. The van der Waals surface area contributed by atoms with E-state index < -0.39 is 5.97 Å². The number of aryl methyl sites for hydroxylation is 1. The molecule has 0 saturated carbocycles. The highest BCUT2D eigenvalue weighted by Crippen LogP contribution is 2.23. The molecule has 3 aromatic rings. The Morgan fingerprint density at radius 2 is 2.35 bits per heavy atom. The number of methoxy groups -OCH3 is 1. The molecule has 0 radical (unpaired) electrons. The summed E-state index contributed by atoms with van der Waals surface area (Å²) in [5.74, 6) is 0.160. The highest BCUT2D eigenvalue weighted by atomic mass is 32.1. The van der Waals surface area contributed by atoms with Crippen LogP contribution >= 0.6 is 11.5 Å². The number of nitrogens with one attached hydrogen (secondary N) is 1. The third-order valence-electron chi connectivity index (χ3n) is 2.64. The van der Waals surface area contributed by atoms with Gasteiger partial charge in [0.05, 0.1) is 12.8 Å². The van der Waals surface area contributed by atoms with Gasteiger partial charge in [0.15, 0.2) is 17.2 Å². The quantitative estimate of drug-likeness (QED) is 0.743. The van der Waals surface area contributed by atoms with Crippen LogP contribution in [-0.4, -0.2) is 31.8 Å². The van der Waals surface area contributed by atoms with Gasteiger partial charge in [-0.3, -0.25) is 0 Å². The molecule has 0 saturated heterocycles. The summed E-state index contributed by atoms with van der Waals surface area (Å²) in [7, 11) is 1.32. The number of aromatic nitrogens is 4. The van der Waals surface area contributed by atoms with Crippen LogP contribution in [0.1, 0.15) is 16.2 Å². The molecule has 0 aliphatic rings. The van der Waals surface area contributed by atoms with Crippen LogP contribution in [0, 0.1) is 6.92 Å². The lowest BCUT2D eigenvalue weighted by Crippen LogP contribution is -2.01. The van der Waals surface area contributed by atoms with Crippen LogP contribution in [-0.2, 0) is 4.74 Å². The maximum atomic E-state index is 11.4. The maximum absolute atomic E-state index is 11.4. The number of ether oxygens (including phenoxy) is 1. The molecule has 0 aromatic carbocycles. The Kier molecular flexibility index (Phi) is 3.07. The molecule has 102 valence electrons. The number of nitrogens with zero attached hydrogens (tertiary/aromatic N) is 4. The molecule has 0 fully saturated rings. The fraction of sp³-hybridized carbons (Fsp3) is 0.167. The first-order valence-corrected chi connectivity index (χ1v) is 6.57. The Balaban J connectivity index is 1.95. The molecule has 0 aliphatic heterocycles. The van der Waals surface area contributed by atoms with Gasteiger partial charge < -0.3 is 14.5 Å². The average Bonchev–Trinajstić information content (AvgIpc) is 3.06. The minimum absolute atomic E-state index is 0.270. The first-order valence-electron chi connectivity index (χ1n) is 5.80. The third-order valence-corrected chi connectivity index (χ3v) is 3.35. The van der Waals surface area contributed by atoms with Gasteiger partial charge in [0.1, 0.15) is 5.00 Å². The number of fused-ring (bicyclic) bond motifs is 1. The summed E-state index contributed by atoms with van der Waals surface area (Å²) in [6.45, 7) is 1.90. The zero-order valence-electron chi connectivity index (χ0n) is 10.8. The van der Waals surface area contributed by atoms with Crippen LogP contribution in [0.2, 0.25) is 0 Å². The van der Waals surface area contributed by atoms with Crippen molar-refractivity contribution in [3.05, 3.63) is 36.0 Å². The molecule has 0 bridgehead atoms. The lowest BCUT2D eigenvalue weighted by molar-refractivity contribution is 0.0595. The highest BCUT2D eigenvalue weighted by molar-refractivity contribution is 7.10. The van der Waals surface area contributed by atoms with Crippen molar-refractivity contribution in [1.82, 2.24) is 18.7 Å². The predicted molar refractivity (Wildman–Crippen MR) is 74.5 cm³/mol.